The van der Waals surface area contributed by atoms with Crippen LogP contribution in [0.5, 0.6) is 0 Å². The molecular formula is C31H34N6O. The van der Waals surface area contributed by atoms with Gasteiger partial charge in [0.05, 0.1) is 5.69 Å². The van der Waals surface area contributed by atoms with Crippen LogP contribution in [0.3, 0.4) is 0 Å². The number of rotatable bonds is 8. The van der Waals surface area contributed by atoms with E-state index in [0.717, 1.165) is 28.2 Å². The van der Waals surface area contributed by atoms with E-state index >= 15 is 0 Å². The van der Waals surface area contributed by atoms with E-state index in [-0.39, 0.29) is 5.91 Å². The molecule has 1 aliphatic heterocycles. The third-order valence-electron chi connectivity index (χ3n) is 7.13. The zero-order chi connectivity index (χ0) is 26.3. The Morgan fingerprint density at radius 1 is 1.03 bits per heavy atom. The molecule has 0 aliphatic carbocycles. The molecule has 2 aromatic carbocycles. The van der Waals surface area contributed by atoms with Crippen molar-refractivity contribution in [3.8, 4) is 11.3 Å². The summed E-state index contributed by atoms with van der Waals surface area (Å²) in [5, 5.41) is 6.31. The van der Waals surface area contributed by atoms with Crippen molar-refractivity contribution >= 4 is 23.2 Å². The first-order valence-electron chi connectivity index (χ1n) is 13.3. The molecule has 2 aromatic heterocycles. The first-order valence-corrected chi connectivity index (χ1v) is 13.3. The van der Waals surface area contributed by atoms with Crippen molar-refractivity contribution < 1.29 is 4.79 Å². The first-order chi connectivity index (χ1) is 18.6. The van der Waals surface area contributed by atoms with Crippen molar-refractivity contribution in [1.29, 1.82) is 0 Å². The molecule has 1 amide bonds. The summed E-state index contributed by atoms with van der Waals surface area (Å²) in [5.74, 6) is 0.902. The number of anilines is 3. The van der Waals surface area contributed by atoms with Crippen LogP contribution in [0.1, 0.15) is 53.6 Å². The van der Waals surface area contributed by atoms with Gasteiger partial charge in [-0.25, -0.2) is 9.97 Å². The number of benzene rings is 2. The number of hydrogen-bond acceptors (Lipinski definition) is 6. The molecule has 0 bridgehead atoms. The van der Waals surface area contributed by atoms with Crippen LogP contribution < -0.4 is 10.6 Å². The Bertz CT molecular complexity index is 1370. The quantitative estimate of drug-likeness (QED) is 0.286. The maximum absolute atomic E-state index is 13.1. The predicted octanol–water partition coefficient (Wildman–Crippen LogP) is 6.43. The van der Waals surface area contributed by atoms with Gasteiger partial charge in [-0.1, -0.05) is 25.1 Å². The van der Waals surface area contributed by atoms with E-state index in [1.807, 2.05) is 55.5 Å². The summed E-state index contributed by atoms with van der Waals surface area (Å²) in [5.41, 5.74) is 6.18. The summed E-state index contributed by atoms with van der Waals surface area (Å²) >= 11 is 0. The van der Waals surface area contributed by atoms with Gasteiger partial charge in [0, 0.05) is 41.1 Å². The van der Waals surface area contributed by atoms with Gasteiger partial charge in [0.1, 0.15) is 0 Å². The minimum atomic E-state index is -0.154. The number of piperidine rings is 1. The summed E-state index contributed by atoms with van der Waals surface area (Å²) in [6.45, 7) is 7.75. The first kappa shape index (κ1) is 25.5. The van der Waals surface area contributed by atoms with Crippen molar-refractivity contribution in [2.45, 2.75) is 39.0 Å². The number of likely N-dealkylation sites (tertiary alicyclic amines) is 1. The number of nitrogens with one attached hydrogen (secondary N) is 2. The number of amides is 1. The molecule has 0 radical (unpaired) electrons. The van der Waals surface area contributed by atoms with Crippen LogP contribution in [0.25, 0.3) is 11.3 Å². The summed E-state index contributed by atoms with van der Waals surface area (Å²) in [7, 11) is 0. The molecule has 0 spiro atoms. The van der Waals surface area contributed by atoms with E-state index in [0.29, 0.717) is 17.4 Å². The van der Waals surface area contributed by atoms with Crippen LogP contribution in [0.15, 0.2) is 79.3 Å². The highest BCUT2D eigenvalue weighted by molar-refractivity contribution is 6.05. The summed E-state index contributed by atoms with van der Waals surface area (Å²) in [6.07, 6.45) is 8.81. The lowest BCUT2D eigenvalue weighted by molar-refractivity contribution is 0.102. The van der Waals surface area contributed by atoms with Gasteiger partial charge >= 0.3 is 0 Å². The molecule has 194 valence electrons. The monoisotopic (exact) mass is 506 g/mol. The molecular weight excluding hydrogens is 472 g/mol. The van der Waals surface area contributed by atoms with E-state index in [2.05, 4.69) is 49.5 Å². The number of aromatic nitrogens is 3. The van der Waals surface area contributed by atoms with E-state index in [4.69, 9.17) is 0 Å². The van der Waals surface area contributed by atoms with Gasteiger partial charge in [-0.15, -0.1) is 0 Å². The van der Waals surface area contributed by atoms with Gasteiger partial charge in [-0.05, 0) is 105 Å². The molecule has 5 rings (SSSR count). The molecule has 1 aliphatic rings. The van der Waals surface area contributed by atoms with Crippen molar-refractivity contribution in [3.05, 3.63) is 95.9 Å². The largest absolute Gasteiger partial charge is 0.324 e. The van der Waals surface area contributed by atoms with E-state index in [1.54, 1.807) is 18.6 Å². The third kappa shape index (κ3) is 6.23. The lowest BCUT2D eigenvalue weighted by atomic mass is 9.89. The second kappa shape index (κ2) is 12.0. The van der Waals surface area contributed by atoms with E-state index < -0.39 is 0 Å². The van der Waals surface area contributed by atoms with Crippen molar-refractivity contribution in [2.75, 3.05) is 30.3 Å². The lowest BCUT2D eigenvalue weighted by Crippen LogP contribution is -2.33. The fraction of sp³-hybridized carbons (Fsp3) is 0.290. The molecule has 0 saturated carbocycles. The number of hydrogen-bond donors (Lipinski definition) is 2. The van der Waals surface area contributed by atoms with E-state index in [9.17, 15) is 4.79 Å². The SMILES string of the molecule is CCCN1CCC(c2ccc(NC(=O)c3ccc(C)c(Nc4nccc(-c5cccnc5)n4)c3)cc2)CC1. The molecule has 7 heteroatoms. The van der Waals surface area contributed by atoms with Crippen LogP contribution in [0.4, 0.5) is 17.3 Å². The Morgan fingerprint density at radius 3 is 2.58 bits per heavy atom. The van der Waals surface area contributed by atoms with Crippen LogP contribution in [-0.4, -0.2) is 45.4 Å². The Labute approximate surface area is 224 Å². The molecule has 7 nitrogen and oxygen atoms in total. The topological polar surface area (TPSA) is 83.0 Å². The van der Waals surface area contributed by atoms with E-state index in [1.165, 1.54) is 44.5 Å². The Kier molecular flexibility index (Phi) is 8.04. The standard InChI is InChI=1S/C31H34N6O/c1-3-17-37-18-13-24(14-19-37)23-8-10-27(11-9-23)34-30(38)25-7-6-22(2)29(20-25)36-31-33-16-12-28(35-31)26-5-4-15-32-21-26/h4-12,15-16,20-21,24H,3,13-14,17-19H2,1-2H3,(H,34,38)(H,33,35,36). The average molecular weight is 507 g/mol. The van der Waals surface area contributed by atoms with Crippen LogP contribution in [-0.2, 0) is 0 Å². The highest BCUT2D eigenvalue weighted by Crippen LogP contribution is 2.29. The van der Waals surface area contributed by atoms with Gasteiger partial charge in [-0.2, -0.15) is 0 Å². The highest BCUT2D eigenvalue weighted by Gasteiger charge is 2.20. The Morgan fingerprint density at radius 2 is 1.84 bits per heavy atom. The Hall–Kier alpha value is -4.10. The smallest absolute Gasteiger partial charge is 0.255 e. The maximum atomic E-state index is 13.1. The maximum Gasteiger partial charge on any atom is 0.255 e. The molecule has 4 aromatic rings. The fourth-order valence-corrected chi connectivity index (χ4v) is 4.96. The number of aryl methyl sites for hydroxylation is 1. The zero-order valence-corrected chi connectivity index (χ0v) is 22.0. The minimum Gasteiger partial charge on any atom is -0.324 e. The van der Waals surface area contributed by atoms with Gasteiger partial charge < -0.3 is 15.5 Å². The van der Waals surface area contributed by atoms with Crippen molar-refractivity contribution in [1.82, 2.24) is 19.9 Å². The predicted molar refractivity (Wildman–Crippen MR) is 153 cm³/mol. The molecule has 1 fully saturated rings. The molecule has 0 atom stereocenters. The summed E-state index contributed by atoms with van der Waals surface area (Å²) < 4.78 is 0. The number of pyridine rings is 1. The van der Waals surface area contributed by atoms with Gasteiger partial charge in [-0.3, -0.25) is 9.78 Å². The fourth-order valence-electron chi connectivity index (χ4n) is 4.96. The number of nitrogens with zero attached hydrogens (tertiary/aromatic N) is 4. The van der Waals surface area contributed by atoms with Crippen molar-refractivity contribution in [3.63, 3.8) is 0 Å². The summed E-state index contributed by atoms with van der Waals surface area (Å²) in [6, 6.07) is 19.6. The van der Waals surface area contributed by atoms with Crippen LogP contribution >= 0.6 is 0 Å². The lowest BCUT2D eigenvalue weighted by Gasteiger charge is -2.32. The third-order valence-corrected chi connectivity index (χ3v) is 7.13. The van der Waals surface area contributed by atoms with Crippen LogP contribution in [0.2, 0.25) is 0 Å². The van der Waals surface area contributed by atoms with Crippen LogP contribution in [0, 0.1) is 6.92 Å². The molecule has 38 heavy (non-hydrogen) atoms. The second-order valence-corrected chi connectivity index (χ2v) is 9.85. The van der Waals surface area contributed by atoms with Gasteiger partial charge in [0.25, 0.3) is 5.91 Å². The molecule has 1 saturated heterocycles. The molecule has 0 unspecified atom stereocenters. The number of carbonyl (C=O) groups excluding carboxylic acids is 1. The van der Waals surface area contributed by atoms with Crippen molar-refractivity contribution in [2.24, 2.45) is 0 Å². The zero-order valence-electron chi connectivity index (χ0n) is 22.0. The summed E-state index contributed by atoms with van der Waals surface area (Å²) in [4.78, 5) is 28.8. The average Bonchev–Trinajstić information content (AvgIpc) is 2.96. The normalized spacial score (nSPS) is 14.3. The Balaban J connectivity index is 1.24. The second-order valence-electron chi connectivity index (χ2n) is 9.85. The highest BCUT2D eigenvalue weighted by atomic mass is 16.1. The number of carbonyl (C=O) groups is 1. The minimum absolute atomic E-state index is 0.154. The molecule has 2 N–H and O–H groups in total. The van der Waals surface area contributed by atoms with Gasteiger partial charge in [0.15, 0.2) is 0 Å². The van der Waals surface area contributed by atoms with Gasteiger partial charge in [0.2, 0.25) is 5.95 Å². The molecule has 3 heterocycles.